The largest absolute Gasteiger partial charge is 0.471 e. The number of carbonyl (C=O) groups excluding carboxylic acids is 1. The number of hydrazone groups is 1. The van der Waals surface area contributed by atoms with Crippen molar-refractivity contribution in [2.75, 3.05) is 27.0 Å². The molecule has 0 aromatic carbocycles. The number of halogens is 1. The number of aromatic nitrogens is 1. The Morgan fingerprint density at radius 1 is 1.45 bits per heavy atom. The molecule has 0 fully saturated rings. The van der Waals surface area contributed by atoms with Crippen LogP contribution >= 0.6 is 19.2 Å². The first kappa shape index (κ1) is 18.4. The molecule has 0 aliphatic heterocycles. The highest BCUT2D eigenvalue weighted by atomic mass is 35.5. The van der Waals surface area contributed by atoms with Crippen molar-refractivity contribution in [1.82, 2.24) is 10.4 Å². The topological polar surface area (TPSA) is 125 Å². The number of carbonyl (C=O) groups is 1. The molecule has 0 radical (unpaired) electrons. The fourth-order valence-electron chi connectivity index (χ4n) is 1.28. The molecule has 0 unspecified atom stereocenters. The van der Waals surface area contributed by atoms with Gasteiger partial charge in [0.2, 0.25) is 5.88 Å². The lowest BCUT2D eigenvalue weighted by Crippen LogP contribution is -2.28. The van der Waals surface area contributed by atoms with E-state index in [2.05, 4.69) is 10.1 Å². The van der Waals surface area contributed by atoms with Gasteiger partial charge >= 0.3 is 13.6 Å². The van der Waals surface area contributed by atoms with E-state index in [0.29, 0.717) is 5.02 Å². The Hall–Kier alpha value is -1.67. The second kappa shape index (κ2) is 8.70. The zero-order valence-corrected chi connectivity index (χ0v) is 13.6. The van der Waals surface area contributed by atoms with Gasteiger partial charge in [0.05, 0.1) is 16.9 Å². The van der Waals surface area contributed by atoms with Crippen LogP contribution in [0.1, 0.15) is 0 Å². The van der Waals surface area contributed by atoms with Crippen LogP contribution in [0.15, 0.2) is 23.4 Å². The molecule has 0 bridgehead atoms. The van der Waals surface area contributed by atoms with Gasteiger partial charge in [0.1, 0.15) is 6.61 Å². The lowest BCUT2D eigenvalue weighted by Gasteiger charge is -2.15. The number of urea groups is 1. The Kier molecular flexibility index (Phi) is 7.26. The Labute approximate surface area is 132 Å². The number of primary amides is 1. The van der Waals surface area contributed by atoms with E-state index in [9.17, 15) is 9.36 Å². The van der Waals surface area contributed by atoms with Crippen LogP contribution in [0.5, 0.6) is 5.88 Å². The fourth-order valence-corrected chi connectivity index (χ4v) is 2.41. The molecular formula is C11H16ClN4O5P. The van der Waals surface area contributed by atoms with Crippen LogP contribution in [0.4, 0.5) is 4.79 Å². The van der Waals surface area contributed by atoms with Gasteiger partial charge in [-0.25, -0.2) is 15.2 Å². The SMILES string of the molecule is COP(=O)(CC(COc1ccc(Cl)cn1)=NNC(N)=O)OC. The summed E-state index contributed by atoms with van der Waals surface area (Å²) in [5.41, 5.74) is 7.17. The van der Waals surface area contributed by atoms with E-state index in [1.165, 1.54) is 20.4 Å². The van der Waals surface area contributed by atoms with E-state index >= 15 is 0 Å². The van der Waals surface area contributed by atoms with Gasteiger partial charge in [-0.3, -0.25) is 4.57 Å². The second-order valence-electron chi connectivity index (χ2n) is 3.89. The monoisotopic (exact) mass is 350 g/mol. The summed E-state index contributed by atoms with van der Waals surface area (Å²) >= 11 is 5.71. The summed E-state index contributed by atoms with van der Waals surface area (Å²) < 4.78 is 27.1. The zero-order chi connectivity index (χ0) is 16.6. The molecule has 11 heteroatoms. The van der Waals surface area contributed by atoms with Crippen molar-refractivity contribution in [2.24, 2.45) is 10.8 Å². The molecule has 1 rings (SSSR count). The lowest BCUT2D eigenvalue weighted by atomic mass is 10.4. The van der Waals surface area contributed by atoms with Crippen LogP contribution in [-0.2, 0) is 13.6 Å². The molecule has 0 saturated heterocycles. The molecule has 1 heterocycles. The van der Waals surface area contributed by atoms with Crippen LogP contribution in [0.2, 0.25) is 5.02 Å². The number of ether oxygens (including phenoxy) is 1. The first-order valence-corrected chi connectivity index (χ1v) is 8.05. The highest BCUT2D eigenvalue weighted by Crippen LogP contribution is 2.46. The quantitative estimate of drug-likeness (QED) is 0.417. The summed E-state index contributed by atoms with van der Waals surface area (Å²) in [6.07, 6.45) is 1.22. The number of nitrogens with two attached hydrogens (primary N) is 1. The van der Waals surface area contributed by atoms with Crippen molar-refractivity contribution >= 4 is 30.9 Å². The van der Waals surface area contributed by atoms with Gasteiger partial charge in [-0.2, -0.15) is 5.10 Å². The third-order valence-electron chi connectivity index (χ3n) is 2.34. The maximum absolute atomic E-state index is 12.1. The first-order valence-electron chi connectivity index (χ1n) is 5.94. The van der Waals surface area contributed by atoms with Gasteiger partial charge in [-0.05, 0) is 6.07 Å². The molecule has 1 aromatic heterocycles. The van der Waals surface area contributed by atoms with Gasteiger partial charge in [-0.15, -0.1) is 0 Å². The van der Waals surface area contributed by atoms with E-state index in [0.717, 1.165) is 0 Å². The Balaban J connectivity index is 2.77. The van der Waals surface area contributed by atoms with E-state index in [-0.39, 0.29) is 24.4 Å². The van der Waals surface area contributed by atoms with Crippen molar-refractivity contribution in [3.63, 3.8) is 0 Å². The predicted octanol–water partition coefficient (Wildman–Crippen LogP) is 1.62. The molecule has 0 atom stereocenters. The van der Waals surface area contributed by atoms with Crippen molar-refractivity contribution in [2.45, 2.75) is 0 Å². The van der Waals surface area contributed by atoms with Crippen LogP contribution in [-0.4, -0.2) is 43.7 Å². The van der Waals surface area contributed by atoms with Crippen molar-refractivity contribution < 1.29 is 23.1 Å². The number of nitrogens with one attached hydrogen (secondary N) is 1. The third kappa shape index (κ3) is 6.40. The first-order chi connectivity index (χ1) is 10.4. The van der Waals surface area contributed by atoms with E-state index in [1.54, 1.807) is 12.1 Å². The highest BCUT2D eigenvalue weighted by Gasteiger charge is 2.24. The summed E-state index contributed by atoms with van der Waals surface area (Å²) in [6.45, 7) is -0.106. The molecule has 122 valence electrons. The van der Waals surface area contributed by atoms with Crippen LogP contribution < -0.4 is 15.9 Å². The summed E-state index contributed by atoms with van der Waals surface area (Å²) in [5, 5.41) is 4.18. The lowest BCUT2D eigenvalue weighted by molar-refractivity contribution is 0.249. The number of hydrogen-bond donors (Lipinski definition) is 2. The minimum Gasteiger partial charge on any atom is -0.471 e. The van der Waals surface area contributed by atoms with Gasteiger partial charge in [0.25, 0.3) is 0 Å². The summed E-state index contributed by atoms with van der Waals surface area (Å²) in [7, 11) is -0.889. The maximum atomic E-state index is 12.1. The molecule has 22 heavy (non-hydrogen) atoms. The zero-order valence-electron chi connectivity index (χ0n) is 12.0. The molecule has 0 aliphatic carbocycles. The van der Waals surface area contributed by atoms with E-state index in [4.69, 9.17) is 31.1 Å². The Morgan fingerprint density at radius 2 is 2.14 bits per heavy atom. The van der Waals surface area contributed by atoms with Gasteiger partial charge in [0, 0.05) is 26.5 Å². The minimum absolute atomic E-state index is 0.106. The number of nitrogens with zero attached hydrogens (tertiary/aromatic N) is 2. The number of pyridine rings is 1. The Morgan fingerprint density at radius 3 is 2.64 bits per heavy atom. The standard InChI is InChI=1S/C11H16ClN4O5P/c1-19-22(18,20-2)7-9(15-16-11(13)17)6-21-10-4-3-8(12)5-14-10/h3-5H,6-7H2,1-2H3,(H3,13,16,17). The van der Waals surface area contributed by atoms with E-state index in [1.807, 2.05) is 5.43 Å². The van der Waals surface area contributed by atoms with Gasteiger partial charge < -0.3 is 19.5 Å². The number of hydrogen-bond acceptors (Lipinski definition) is 7. The van der Waals surface area contributed by atoms with Gasteiger partial charge in [-0.1, -0.05) is 11.6 Å². The maximum Gasteiger partial charge on any atom is 0.335 e. The molecule has 0 saturated carbocycles. The van der Waals surface area contributed by atoms with Gasteiger partial charge in [0.15, 0.2) is 0 Å². The van der Waals surface area contributed by atoms with Crippen molar-refractivity contribution in [1.29, 1.82) is 0 Å². The summed E-state index contributed by atoms with van der Waals surface area (Å²) in [4.78, 5) is 14.7. The van der Waals surface area contributed by atoms with Crippen molar-refractivity contribution in [3.05, 3.63) is 23.4 Å². The van der Waals surface area contributed by atoms with Crippen LogP contribution in [0, 0.1) is 0 Å². The second-order valence-corrected chi connectivity index (χ2v) is 6.60. The average Bonchev–Trinajstić information content (AvgIpc) is 2.51. The van der Waals surface area contributed by atoms with E-state index < -0.39 is 13.6 Å². The summed E-state index contributed by atoms with van der Waals surface area (Å²) in [5.74, 6) is 0.279. The highest BCUT2D eigenvalue weighted by molar-refractivity contribution is 7.54. The third-order valence-corrected chi connectivity index (χ3v) is 4.43. The average molecular weight is 351 g/mol. The number of amides is 2. The fraction of sp³-hybridized carbons (Fsp3) is 0.364. The molecular weight excluding hydrogens is 335 g/mol. The summed E-state index contributed by atoms with van der Waals surface area (Å²) in [6, 6.07) is 2.28. The smallest absolute Gasteiger partial charge is 0.335 e. The molecule has 3 N–H and O–H groups in total. The normalized spacial score (nSPS) is 12.0. The predicted molar refractivity (Wildman–Crippen MR) is 81.4 cm³/mol. The molecule has 9 nitrogen and oxygen atoms in total. The molecule has 0 aliphatic rings. The molecule has 0 spiro atoms. The molecule has 1 aromatic rings. The van der Waals surface area contributed by atoms with Crippen molar-refractivity contribution in [3.8, 4) is 5.88 Å². The number of rotatable bonds is 8. The van der Waals surface area contributed by atoms with Crippen LogP contribution in [0.25, 0.3) is 0 Å². The Bertz CT molecular complexity index is 572. The van der Waals surface area contributed by atoms with Crippen LogP contribution in [0.3, 0.4) is 0 Å². The minimum atomic E-state index is -3.37. The molecule has 2 amide bonds.